The van der Waals surface area contributed by atoms with E-state index in [0.29, 0.717) is 0 Å². The van der Waals surface area contributed by atoms with Crippen LogP contribution in [0.15, 0.2) is 221 Å². The minimum Gasteiger partial charge on any atom is -0.452 e. The van der Waals surface area contributed by atoms with Crippen LogP contribution in [-0.2, 0) is 0 Å². The summed E-state index contributed by atoms with van der Waals surface area (Å²) in [5, 5.41) is 8.02. The van der Waals surface area contributed by atoms with E-state index < -0.39 is 7.92 Å². The topological polar surface area (TPSA) is 44.1 Å². The predicted octanol–water partition coefficient (Wildman–Crippen LogP) is 13.6. The summed E-state index contributed by atoms with van der Waals surface area (Å²) in [6.07, 6.45) is 0. The second-order valence-corrected chi connectivity index (χ2v) is 17.3. The van der Waals surface area contributed by atoms with Crippen LogP contribution >= 0.6 is 7.92 Å². The van der Waals surface area contributed by atoms with Gasteiger partial charge >= 0.3 is 0 Å². The number of rotatable bonds is 7. The average molecular weight is 787 g/mol. The van der Waals surface area contributed by atoms with E-state index in [1.54, 1.807) is 0 Å². The number of hydrogen-bond acceptors (Lipinski definition) is 3. The Kier molecular flexibility index (Phi) is 8.11. The van der Waals surface area contributed by atoms with E-state index in [0.717, 1.165) is 94.2 Å². The third-order valence-corrected chi connectivity index (χ3v) is 14.0. The first-order valence-corrected chi connectivity index (χ1v) is 21.6. The van der Waals surface area contributed by atoms with Crippen LogP contribution < -0.4 is 15.9 Å². The number of hydrogen-bond donors (Lipinski definition) is 0. The second-order valence-electron chi connectivity index (χ2n) is 15.1. The van der Waals surface area contributed by atoms with Crippen molar-refractivity contribution >= 4 is 78.7 Å². The Morgan fingerprint density at radius 2 is 0.983 bits per heavy atom. The smallest absolute Gasteiger partial charge is 0.178 e. The molecular weight excluding hydrogens is 752 g/mol. The fourth-order valence-electron chi connectivity index (χ4n) is 8.96. The van der Waals surface area contributed by atoms with Crippen molar-refractivity contribution in [2.75, 3.05) is 0 Å². The number of imidazole rings is 1. The SMILES string of the molecule is c1ccc(-c2cc3oc4c(ccc5c6cc(P(c7ccccc7)c7ccccc7)ccc6oc54)c3c(-c3ccccc3)c2-c2nc3ccccc3n2-c2ccccc2)cc1. The third kappa shape index (κ3) is 5.53. The maximum atomic E-state index is 7.08. The Morgan fingerprint density at radius 1 is 0.417 bits per heavy atom. The molecule has 0 aliphatic carbocycles. The Labute approximate surface area is 347 Å². The second kappa shape index (κ2) is 14.1. The van der Waals surface area contributed by atoms with Gasteiger partial charge in [-0.05, 0) is 95.1 Å². The first kappa shape index (κ1) is 34.5. The van der Waals surface area contributed by atoms with E-state index in [1.807, 2.05) is 0 Å². The van der Waals surface area contributed by atoms with Gasteiger partial charge in [-0.25, -0.2) is 4.98 Å². The molecule has 5 heteroatoms. The van der Waals surface area contributed by atoms with E-state index in [-0.39, 0.29) is 0 Å². The summed E-state index contributed by atoms with van der Waals surface area (Å²) in [5.41, 5.74) is 11.4. The van der Waals surface area contributed by atoms with Gasteiger partial charge in [0.15, 0.2) is 11.2 Å². The highest BCUT2D eigenvalue weighted by atomic mass is 31.1. The zero-order valence-electron chi connectivity index (χ0n) is 32.4. The monoisotopic (exact) mass is 786 g/mol. The van der Waals surface area contributed by atoms with Gasteiger partial charge in [0, 0.05) is 38.4 Å². The number of benzene rings is 9. The minimum absolute atomic E-state index is 0.735. The minimum atomic E-state index is -0.789. The van der Waals surface area contributed by atoms with Crippen LogP contribution in [0.5, 0.6) is 0 Å². The summed E-state index contributed by atoms with van der Waals surface area (Å²) in [7, 11) is -0.789. The lowest BCUT2D eigenvalue weighted by Crippen LogP contribution is -2.20. The summed E-state index contributed by atoms with van der Waals surface area (Å²) in [6, 6.07) is 75.2. The van der Waals surface area contributed by atoms with Crippen LogP contribution in [0.1, 0.15) is 0 Å². The molecule has 9 aromatic carbocycles. The van der Waals surface area contributed by atoms with Crippen molar-refractivity contribution in [2.24, 2.45) is 0 Å². The number of aromatic nitrogens is 2. The van der Waals surface area contributed by atoms with E-state index in [9.17, 15) is 0 Å². The van der Waals surface area contributed by atoms with Gasteiger partial charge in [0.05, 0.1) is 11.0 Å². The lowest BCUT2D eigenvalue weighted by atomic mass is 9.87. The van der Waals surface area contributed by atoms with Crippen LogP contribution in [0.25, 0.3) is 94.2 Å². The standard InChI is InChI=1S/C55H35N2O2P/c1-6-18-36(19-7-1)44-35-49-51(50(37-20-8-2-9-21-37)52(44)55-56-46-28-16-17-29-47(46)57(55)38-22-10-3-11-23-38)43-32-31-42-45-34-41(30-33-48(45)58-53(42)54(43)59-49)60(39-24-12-4-13-25-39)40-26-14-5-15-27-40/h1-35H. The zero-order chi connectivity index (χ0) is 39.6. The Morgan fingerprint density at radius 3 is 1.68 bits per heavy atom. The predicted molar refractivity (Wildman–Crippen MR) is 251 cm³/mol. The average Bonchev–Trinajstić information content (AvgIpc) is 4.01. The van der Waals surface area contributed by atoms with Gasteiger partial charge in [-0.1, -0.05) is 158 Å². The molecule has 0 aliphatic rings. The summed E-state index contributed by atoms with van der Waals surface area (Å²) in [4.78, 5) is 5.46. The van der Waals surface area contributed by atoms with Gasteiger partial charge in [-0.15, -0.1) is 0 Å². The molecule has 0 aliphatic heterocycles. The molecule has 12 rings (SSSR count). The van der Waals surface area contributed by atoms with Crippen LogP contribution in [0.4, 0.5) is 0 Å². The molecule has 0 saturated carbocycles. The van der Waals surface area contributed by atoms with E-state index in [4.69, 9.17) is 13.8 Å². The molecule has 3 aromatic heterocycles. The van der Waals surface area contributed by atoms with Crippen molar-refractivity contribution in [2.45, 2.75) is 0 Å². The van der Waals surface area contributed by atoms with Crippen LogP contribution in [0, 0.1) is 0 Å². The van der Waals surface area contributed by atoms with Gasteiger partial charge in [-0.2, -0.15) is 0 Å². The fourth-order valence-corrected chi connectivity index (χ4v) is 11.3. The Balaban J connectivity index is 1.17. The van der Waals surface area contributed by atoms with Crippen molar-refractivity contribution in [3.8, 4) is 39.3 Å². The third-order valence-electron chi connectivity index (χ3n) is 11.6. The van der Waals surface area contributed by atoms with Crippen molar-refractivity contribution in [3.63, 3.8) is 0 Å². The van der Waals surface area contributed by atoms with E-state index >= 15 is 0 Å². The molecule has 0 unspecified atom stereocenters. The molecule has 0 N–H and O–H groups in total. The van der Waals surface area contributed by atoms with Crippen LogP contribution in [0.2, 0.25) is 0 Å². The molecule has 0 fully saturated rings. The normalized spacial score (nSPS) is 11.8. The molecular formula is C55H35N2O2P. The maximum Gasteiger partial charge on any atom is 0.178 e. The van der Waals surface area contributed by atoms with Crippen molar-refractivity contribution < 1.29 is 8.83 Å². The molecule has 60 heavy (non-hydrogen) atoms. The van der Waals surface area contributed by atoms with Gasteiger partial charge < -0.3 is 8.83 Å². The number of fused-ring (bicyclic) bond motifs is 8. The van der Waals surface area contributed by atoms with Gasteiger partial charge in [0.25, 0.3) is 0 Å². The number of furan rings is 2. The van der Waals surface area contributed by atoms with Gasteiger partial charge in [0.1, 0.15) is 17.0 Å². The Bertz CT molecular complexity index is 3480. The van der Waals surface area contributed by atoms with Crippen LogP contribution in [0.3, 0.4) is 0 Å². The molecule has 3 heterocycles. The molecule has 0 saturated heterocycles. The largest absolute Gasteiger partial charge is 0.452 e. The van der Waals surface area contributed by atoms with Gasteiger partial charge in [0.2, 0.25) is 0 Å². The molecule has 282 valence electrons. The summed E-state index contributed by atoms with van der Waals surface area (Å²) in [5.74, 6) is 0.863. The Hall–Kier alpha value is -7.52. The molecule has 0 atom stereocenters. The number of para-hydroxylation sites is 3. The lowest BCUT2D eigenvalue weighted by molar-refractivity contribution is 0.633. The first-order valence-electron chi connectivity index (χ1n) is 20.2. The summed E-state index contributed by atoms with van der Waals surface area (Å²) in [6.45, 7) is 0. The van der Waals surface area contributed by atoms with Crippen LogP contribution in [-0.4, -0.2) is 9.55 Å². The molecule has 0 radical (unpaired) electrons. The van der Waals surface area contributed by atoms with Crippen molar-refractivity contribution in [1.29, 1.82) is 0 Å². The zero-order valence-corrected chi connectivity index (χ0v) is 33.3. The maximum absolute atomic E-state index is 7.08. The summed E-state index contributed by atoms with van der Waals surface area (Å²) < 4.78 is 16.2. The quantitative estimate of drug-likeness (QED) is 0.151. The summed E-state index contributed by atoms with van der Waals surface area (Å²) >= 11 is 0. The fraction of sp³-hybridized carbons (Fsp3) is 0. The lowest BCUT2D eigenvalue weighted by Gasteiger charge is -2.19. The van der Waals surface area contributed by atoms with E-state index in [1.165, 1.54) is 15.9 Å². The van der Waals surface area contributed by atoms with Gasteiger partial charge in [-0.3, -0.25) is 4.57 Å². The number of nitrogens with zero attached hydrogens (tertiary/aromatic N) is 2. The first-order chi connectivity index (χ1) is 29.8. The highest BCUT2D eigenvalue weighted by Gasteiger charge is 2.28. The highest BCUT2D eigenvalue weighted by Crippen LogP contribution is 2.50. The molecule has 0 amide bonds. The van der Waals surface area contributed by atoms with Crippen molar-refractivity contribution in [3.05, 3.63) is 212 Å². The molecule has 0 bridgehead atoms. The van der Waals surface area contributed by atoms with Crippen molar-refractivity contribution in [1.82, 2.24) is 9.55 Å². The highest BCUT2D eigenvalue weighted by molar-refractivity contribution is 7.79. The molecule has 0 spiro atoms. The van der Waals surface area contributed by atoms with E-state index in [2.05, 4.69) is 217 Å². The molecule has 12 aromatic rings. The molecule has 4 nitrogen and oxygen atoms in total.